The van der Waals surface area contributed by atoms with Crippen LogP contribution in [0.25, 0.3) is 11.1 Å². The lowest BCUT2D eigenvalue weighted by Crippen LogP contribution is -2.50. The van der Waals surface area contributed by atoms with Gasteiger partial charge in [-0.25, -0.2) is 0 Å². The summed E-state index contributed by atoms with van der Waals surface area (Å²) in [6, 6.07) is 17.2. The summed E-state index contributed by atoms with van der Waals surface area (Å²) in [7, 11) is 0. The first-order valence-electron chi connectivity index (χ1n) is 12.2. The number of aliphatic carboxylic acids is 1. The Morgan fingerprint density at radius 3 is 2.21 bits per heavy atom. The number of carboxylic acids is 1. The molecule has 2 aliphatic carbocycles. The smallest absolute Gasteiger partial charge is 0.320 e. The summed E-state index contributed by atoms with van der Waals surface area (Å²) in [4.78, 5) is 11.3. The molecule has 34 heavy (non-hydrogen) atoms. The molecule has 7 rings (SSSR count). The second kappa shape index (κ2) is 8.24. The Morgan fingerprint density at radius 2 is 1.65 bits per heavy atom. The van der Waals surface area contributed by atoms with Crippen LogP contribution in [0.1, 0.15) is 68.7 Å². The molecule has 3 heterocycles. The molecule has 2 N–H and O–H groups in total. The largest absolute Gasteiger partial charge is 0.481 e. The zero-order valence-corrected chi connectivity index (χ0v) is 19.1. The fourth-order valence-electron chi connectivity index (χ4n) is 5.63. The van der Waals surface area contributed by atoms with Gasteiger partial charge in [-0.3, -0.25) is 4.79 Å². The van der Waals surface area contributed by atoms with Crippen molar-refractivity contribution in [2.24, 2.45) is 5.41 Å². The van der Waals surface area contributed by atoms with E-state index in [-0.39, 0.29) is 17.4 Å². The van der Waals surface area contributed by atoms with E-state index in [1.54, 1.807) is 0 Å². The lowest BCUT2D eigenvalue weighted by Gasteiger charge is -2.53. The molecule has 3 aromatic rings. The first-order valence-corrected chi connectivity index (χ1v) is 12.2. The van der Waals surface area contributed by atoms with Gasteiger partial charge in [0, 0.05) is 17.0 Å². The molecule has 2 aromatic carbocycles. The van der Waals surface area contributed by atoms with Gasteiger partial charge in [-0.1, -0.05) is 47.9 Å². The van der Waals surface area contributed by atoms with Crippen LogP contribution in [0.3, 0.4) is 0 Å². The van der Waals surface area contributed by atoms with E-state index in [0.717, 1.165) is 61.2 Å². The highest BCUT2D eigenvalue weighted by atomic mass is 16.5. The van der Waals surface area contributed by atoms with E-state index in [4.69, 9.17) is 9.15 Å². The number of nitrogens with zero attached hydrogens (tertiary/aromatic N) is 2. The second-order valence-corrected chi connectivity index (χ2v) is 10.2. The maximum atomic E-state index is 11.3. The standard InChI is InChI=1S/C27H29N3O4/c31-23(32)16-26-12-14-27(15-13-26,33-17-26)21-8-4-18(5-9-21)19-6-10-22(11-7-19)28-25-30-29-24(34-25)20-2-1-3-20/h4-11,20H,1-3,12-17H2,(H,28,30)(H,31,32). The molecule has 2 saturated carbocycles. The summed E-state index contributed by atoms with van der Waals surface area (Å²) >= 11 is 0. The molecule has 4 fully saturated rings. The van der Waals surface area contributed by atoms with Gasteiger partial charge in [0.05, 0.1) is 18.6 Å². The van der Waals surface area contributed by atoms with E-state index in [9.17, 15) is 9.90 Å². The van der Waals surface area contributed by atoms with Crippen LogP contribution in [0.5, 0.6) is 0 Å². The zero-order valence-electron chi connectivity index (χ0n) is 19.1. The predicted molar refractivity (Wildman–Crippen MR) is 127 cm³/mol. The molecule has 176 valence electrons. The minimum absolute atomic E-state index is 0.177. The second-order valence-electron chi connectivity index (χ2n) is 10.2. The van der Waals surface area contributed by atoms with E-state index in [2.05, 4.69) is 51.9 Å². The van der Waals surface area contributed by atoms with Crippen molar-refractivity contribution in [3.8, 4) is 11.1 Å². The maximum absolute atomic E-state index is 11.3. The number of nitrogens with one attached hydrogen (secondary N) is 1. The van der Waals surface area contributed by atoms with Crippen LogP contribution >= 0.6 is 0 Å². The van der Waals surface area contributed by atoms with Crippen molar-refractivity contribution in [3.63, 3.8) is 0 Å². The highest BCUT2D eigenvalue weighted by Crippen LogP contribution is 2.55. The molecule has 0 unspecified atom stereocenters. The van der Waals surface area contributed by atoms with Crippen molar-refractivity contribution in [2.45, 2.75) is 62.9 Å². The van der Waals surface area contributed by atoms with E-state index < -0.39 is 5.97 Å². The average molecular weight is 460 g/mol. The van der Waals surface area contributed by atoms with Crippen molar-refractivity contribution in [1.29, 1.82) is 0 Å². The van der Waals surface area contributed by atoms with Crippen molar-refractivity contribution in [3.05, 3.63) is 60.0 Å². The van der Waals surface area contributed by atoms with Crippen molar-refractivity contribution < 1.29 is 19.1 Å². The van der Waals surface area contributed by atoms with Gasteiger partial charge in [0.2, 0.25) is 5.89 Å². The number of aromatic nitrogens is 2. The summed E-state index contributed by atoms with van der Waals surface area (Å²) < 4.78 is 12.1. The molecule has 0 atom stereocenters. The summed E-state index contributed by atoms with van der Waals surface area (Å²) in [6.07, 6.45) is 7.31. The fourth-order valence-corrected chi connectivity index (χ4v) is 5.63. The molecule has 4 aliphatic rings. The number of ether oxygens (including phenoxy) is 1. The minimum Gasteiger partial charge on any atom is -0.481 e. The Balaban J connectivity index is 1.11. The number of benzene rings is 2. The van der Waals surface area contributed by atoms with Crippen LogP contribution in [-0.2, 0) is 15.1 Å². The molecule has 7 nitrogen and oxygen atoms in total. The van der Waals surface area contributed by atoms with Crippen molar-refractivity contribution >= 4 is 17.7 Å². The molecule has 2 aliphatic heterocycles. The Labute approximate surface area is 198 Å². The Hall–Kier alpha value is -3.19. The Bertz CT molecular complexity index is 1160. The number of carboxylic acid groups (broad SMARTS) is 1. The topological polar surface area (TPSA) is 97.5 Å². The number of rotatable bonds is 7. The summed E-state index contributed by atoms with van der Waals surface area (Å²) in [5.41, 5.74) is 3.92. The van der Waals surface area contributed by atoms with Gasteiger partial charge in [0.15, 0.2) is 0 Å². The number of hydrogen-bond donors (Lipinski definition) is 2. The van der Waals surface area contributed by atoms with E-state index in [1.165, 1.54) is 12.0 Å². The highest BCUT2D eigenvalue weighted by Gasteiger charge is 2.51. The lowest BCUT2D eigenvalue weighted by atomic mass is 9.63. The highest BCUT2D eigenvalue weighted by molar-refractivity contribution is 5.68. The number of carbonyl (C=O) groups is 1. The van der Waals surface area contributed by atoms with Crippen LogP contribution < -0.4 is 5.32 Å². The Kier molecular flexibility index (Phi) is 5.17. The lowest BCUT2D eigenvalue weighted by molar-refractivity contribution is -0.195. The molecule has 2 bridgehead atoms. The number of fused-ring (bicyclic) bond motifs is 3. The normalized spacial score (nSPS) is 26.2. The molecule has 0 radical (unpaired) electrons. The third-order valence-electron chi connectivity index (χ3n) is 8.07. The van der Waals surface area contributed by atoms with Crippen LogP contribution in [-0.4, -0.2) is 27.9 Å². The van der Waals surface area contributed by atoms with Crippen LogP contribution in [0, 0.1) is 5.41 Å². The third-order valence-corrected chi connectivity index (χ3v) is 8.07. The maximum Gasteiger partial charge on any atom is 0.320 e. The van der Waals surface area contributed by atoms with Gasteiger partial charge in [0.1, 0.15) is 0 Å². The minimum atomic E-state index is -0.723. The third kappa shape index (κ3) is 3.88. The first kappa shape index (κ1) is 21.4. The summed E-state index contributed by atoms with van der Waals surface area (Å²) in [6.45, 7) is 0.539. The van der Waals surface area contributed by atoms with Gasteiger partial charge < -0.3 is 19.6 Å². The van der Waals surface area contributed by atoms with Crippen LogP contribution in [0.4, 0.5) is 11.7 Å². The Morgan fingerprint density at radius 1 is 0.971 bits per heavy atom. The van der Waals surface area contributed by atoms with E-state index in [1.807, 2.05) is 12.1 Å². The molecule has 7 heteroatoms. The molecule has 1 aromatic heterocycles. The predicted octanol–water partition coefficient (Wildman–Crippen LogP) is 6.01. The van der Waals surface area contributed by atoms with Gasteiger partial charge in [-0.15, -0.1) is 5.10 Å². The van der Waals surface area contributed by atoms with Crippen LogP contribution in [0.15, 0.2) is 52.9 Å². The quantitative estimate of drug-likeness (QED) is 0.447. The monoisotopic (exact) mass is 459 g/mol. The van der Waals surface area contributed by atoms with Crippen molar-refractivity contribution in [1.82, 2.24) is 10.2 Å². The van der Waals surface area contributed by atoms with E-state index in [0.29, 0.717) is 18.5 Å². The summed E-state index contributed by atoms with van der Waals surface area (Å²) in [5.74, 6) is 0.435. The molecule has 2 saturated heterocycles. The van der Waals surface area contributed by atoms with Crippen molar-refractivity contribution in [2.75, 3.05) is 11.9 Å². The fraction of sp³-hybridized carbons (Fsp3) is 0.444. The number of hydrogen-bond acceptors (Lipinski definition) is 6. The molecular weight excluding hydrogens is 430 g/mol. The molecule has 0 amide bonds. The van der Waals surface area contributed by atoms with E-state index >= 15 is 0 Å². The SMILES string of the molecule is O=C(O)CC12CCC(c3ccc(-c4ccc(Nc5nnc(C6CCC6)o5)cc4)cc3)(CC1)OC2. The zero-order chi connectivity index (χ0) is 23.2. The molecule has 0 spiro atoms. The van der Waals surface area contributed by atoms with Gasteiger partial charge >= 0.3 is 12.0 Å². The first-order chi connectivity index (χ1) is 16.5. The summed E-state index contributed by atoms with van der Waals surface area (Å²) in [5, 5.41) is 20.7. The molecular formula is C27H29N3O4. The van der Waals surface area contributed by atoms with Gasteiger partial charge in [-0.2, -0.15) is 0 Å². The van der Waals surface area contributed by atoms with Gasteiger partial charge in [-0.05, 0) is 67.3 Å². The van der Waals surface area contributed by atoms with Gasteiger partial charge in [0.25, 0.3) is 0 Å². The number of anilines is 2. The average Bonchev–Trinajstić information content (AvgIpc) is 3.27. The van der Waals surface area contributed by atoms with Crippen LogP contribution in [0.2, 0.25) is 0 Å².